The third-order valence-electron chi connectivity index (χ3n) is 4.13. The summed E-state index contributed by atoms with van der Waals surface area (Å²) in [7, 11) is -3.49. The van der Waals surface area contributed by atoms with E-state index in [0.717, 1.165) is 11.1 Å². The van der Waals surface area contributed by atoms with Crippen molar-refractivity contribution in [2.24, 2.45) is 11.1 Å². The van der Waals surface area contributed by atoms with Crippen LogP contribution in [0.25, 0.3) is 10.1 Å². The molecule has 1 saturated heterocycles. The molecule has 1 aromatic carbocycles. The molecular formula is C14H17ClN2O2S2. The predicted octanol–water partition coefficient (Wildman–Crippen LogP) is 2.91. The van der Waals surface area contributed by atoms with Crippen LogP contribution >= 0.6 is 22.9 Å². The molecule has 0 amide bonds. The largest absolute Gasteiger partial charge is 0.330 e. The molecule has 1 aliphatic rings. The molecule has 21 heavy (non-hydrogen) atoms. The van der Waals surface area contributed by atoms with Crippen LogP contribution in [-0.2, 0) is 10.0 Å². The molecule has 0 spiro atoms. The number of hydrogen-bond donors (Lipinski definition) is 1. The smallest absolute Gasteiger partial charge is 0.244 e. The highest BCUT2D eigenvalue weighted by molar-refractivity contribution is 7.89. The van der Waals surface area contributed by atoms with E-state index >= 15 is 0 Å². The first-order valence-corrected chi connectivity index (χ1v) is 9.42. The van der Waals surface area contributed by atoms with Crippen LogP contribution in [0.1, 0.15) is 13.3 Å². The lowest BCUT2D eigenvalue weighted by Crippen LogP contribution is -2.34. The third kappa shape index (κ3) is 2.59. The lowest BCUT2D eigenvalue weighted by Gasteiger charge is -2.22. The average Bonchev–Trinajstić information content (AvgIpc) is 3.03. The number of nitrogens with two attached hydrogens (primary N) is 1. The standard InChI is InChI=1S/C14H17ClN2O2S2/c1-14(8-16)4-5-17(9-14)21(18,19)13-7-20-12-3-2-10(15)6-11(12)13/h2-3,6-7H,4-5,8-9,16H2,1H3. The summed E-state index contributed by atoms with van der Waals surface area (Å²) in [4.78, 5) is 0.353. The van der Waals surface area contributed by atoms with Crippen molar-refractivity contribution in [3.63, 3.8) is 0 Å². The van der Waals surface area contributed by atoms with Crippen molar-refractivity contribution in [1.82, 2.24) is 4.31 Å². The zero-order valence-electron chi connectivity index (χ0n) is 11.7. The summed E-state index contributed by atoms with van der Waals surface area (Å²) in [5, 5.41) is 2.95. The van der Waals surface area contributed by atoms with E-state index < -0.39 is 10.0 Å². The van der Waals surface area contributed by atoms with Gasteiger partial charge in [-0.1, -0.05) is 18.5 Å². The summed E-state index contributed by atoms with van der Waals surface area (Å²) in [6.45, 7) is 3.53. The van der Waals surface area contributed by atoms with Crippen LogP contribution in [0.3, 0.4) is 0 Å². The minimum absolute atomic E-state index is 0.128. The molecule has 7 heteroatoms. The maximum absolute atomic E-state index is 12.9. The Kier molecular flexibility index (Phi) is 3.78. The van der Waals surface area contributed by atoms with Gasteiger partial charge in [-0.2, -0.15) is 4.31 Å². The van der Waals surface area contributed by atoms with Crippen LogP contribution in [0.15, 0.2) is 28.5 Å². The highest BCUT2D eigenvalue weighted by Gasteiger charge is 2.39. The van der Waals surface area contributed by atoms with Gasteiger partial charge in [-0.05, 0) is 36.6 Å². The Morgan fingerprint density at radius 1 is 1.48 bits per heavy atom. The number of benzene rings is 1. The van der Waals surface area contributed by atoms with Crippen molar-refractivity contribution < 1.29 is 8.42 Å². The molecule has 1 atom stereocenters. The van der Waals surface area contributed by atoms with Gasteiger partial charge in [-0.15, -0.1) is 11.3 Å². The Bertz CT molecular complexity index is 787. The third-order valence-corrected chi connectivity index (χ3v) is 7.37. The Morgan fingerprint density at radius 3 is 2.90 bits per heavy atom. The van der Waals surface area contributed by atoms with Gasteiger partial charge in [0.1, 0.15) is 4.90 Å². The molecule has 1 aromatic heterocycles. The molecule has 114 valence electrons. The lowest BCUT2D eigenvalue weighted by molar-refractivity contribution is 0.350. The van der Waals surface area contributed by atoms with E-state index in [1.54, 1.807) is 21.8 Å². The van der Waals surface area contributed by atoms with Crippen molar-refractivity contribution in [1.29, 1.82) is 0 Å². The van der Waals surface area contributed by atoms with Gasteiger partial charge in [0.05, 0.1) is 0 Å². The van der Waals surface area contributed by atoms with Gasteiger partial charge in [0.15, 0.2) is 0 Å². The molecule has 1 unspecified atom stereocenters. The number of thiophene rings is 1. The van der Waals surface area contributed by atoms with Crippen LogP contribution in [0.4, 0.5) is 0 Å². The number of rotatable bonds is 3. The maximum atomic E-state index is 12.9. The van der Waals surface area contributed by atoms with Crippen LogP contribution in [0, 0.1) is 5.41 Å². The molecule has 2 heterocycles. The topological polar surface area (TPSA) is 63.4 Å². The van der Waals surface area contributed by atoms with Gasteiger partial charge in [-0.3, -0.25) is 0 Å². The van der Waals surface area contributed by atoms with Gasteiger partial charge >= 0.3 is 0 Å². The second-order valence-corrected chi connectivity index (χ2v) is 9.10. The van der Waals surface area contributed by atoms with Crippen molar-refractivity contribution in [2.75, 3.05) is 19.6 Å². The van der Waals surface area contributed by atoms with E-state index in [9.17, 15) is 8.42 Å². The maximum Gasteiger partial charge on any atom is 0.244 e. The lowest BCUT2D eigenvalue weighted by atomic mass is 9.90. The normalized spacial score (nSPS) is 24.0. The van der Waals surface area contributed by atoms with Crippen molar-refractivity contribution >= 4 is 43.0 Å². The molecule has 0 aliphatic carbocycles. The van der Waals surface area contributed by atoms with E-state index in [1.165, 1.54) is 11.3 Å². The van der Waals surface area contributed by atoms with E-state index in [4.69, 9.17) is 17.3 Å². The van der Waals surface area contributed by atoms with Crippen LogP contribution in [0.2, 0.25) is 5.02 Å². The van der Waals surface area contributed by atoms with Crippen molar-refractivity contribution in [3.05, 3.63) is 28.6 Å². The summed E-state index contributed by atoms with van der Waals surface area (Å²) < 4.78 is 28.2. The first-order chi connectivity index (χ1) is 9.86. The number of halogens is 1. The highest BCUT2D eigenvalue weighted by atomic mass is 35.5. The van der Waals surface area contributed by atoms with Crippen LogP contribution in [-0.4, -0.2) is 32.4 Å². The first kappa shape index (κ1) is 15.2. The zero-order valence-corrected chi connectivity index (χ0v) is 14.1. The zero-order chi connectivity index (χ0) is 15.3. The predicted molar refractivity (Wildman–Crippen MR) is 87.4 cm³/mol. The molecule has 1 aliphatic heterocycles. The number of nitrogens with zero attached hydrogens (tertiary/aromatic N) is 1. The molecule has 0 bridgehead atoms. The summed E-state index contributed by atoms with van der Waals surface area (Å²) in [5.74, 6) is 0. The molecule has 0 radical (unpaired) electrons. The molecule has 2 N–H and O–H groups in total. The van der Waals surface area contributed by atoms with Gasteiger partial charge in [0.2, 0.25) is 10.0 Å². The van der Waals surface area contributed by atoms with Crippen molar-refractivity contribution in [2.45, 2.75) is 18.2 Å². The fraction of sp³-hybridized carbons (Fsp3) is 0.429. The molecule has 2 aromatic rings. The summed E-state index contributed by atoms with van der Waals surface area (Å²) >= 11 is 7.43. The quantitative estimate of drug-likeness (QED) is 0.931. The van der Waals surface area contributed by atoms with Gasteiger partial charge in [0.25, 0.3) is 0 Å². The fourth-order valence-electron chi connectivity index (χ4n) is 2.67. The van der Waals surface area contributed by atoms with Crippen LogP contribution < -0.4 is 5.73 Å². The van der Waals surface area contributed by atoms with E-state index in [0.29, 0.717) is 34.9 Å². The highest BCUT2D eigenvalue weighted by Crippen LogP contribution is 2.37. The Labute approximate surface area is 133 Å². The Morgan fingerprint density at radius 2 is 2.24 bits per heavy atom. The summed E-state index contributed by atoms with van der Waals surface area (Å²) in [5.41, 5.74) is 5.64. The van der Waals surface area contributed by atoms with Gasteiger partial charge < -0.3 is 5.73 Å². The molecule has 4 nitrogen and oxygen atoms in total. The summed E-state index contributed by atoms with van der Waals surface area (Å²) in [6, 6.07) is 5.35. The number of fused-ring (bicyclic) bond motifs is 1. The fourth-order valence-corrected chi connectivity index (χ4v) is 5.88. The second-order valence-electron chi connectivity index (χ2n) is 5.84. The average molecular weight is 345 g/mol. The molecule has 3 rings (SSSR count). The minimum Gasteiger partial charge on any atom is -0.330 e. The van der Waals surface area contributed by atoms with E-state index in [2.05, 4.69) is 0 Å². The van der Waals surface area contributed by atoms with Gasteiger partial charge in [-0.25, -0.2) is 8.42 Å². The van der Waals surface area contributed by atoms with Crippen molar-refractivity contribution in [3.8, 4) is 0 Å². The Hall–Kier alpha value is -0.660. The number of hydrogen-bond acceptors (Lipinski definition) is 4. The van der Waals surface area contributed by atoms with Gasteiger partial charge in [0, 0.05) is 33.6 Å². The summed E-state index contributed by atoms with van der Waals surface area (Å²) in [6.07, 6.45) is 0.797. The number of sulfonamides is 1. The minimum atomic E-state index is -3.49. The Balaban J connectivity index is 2.03. The first-order valence-electron chi connectivity index (χ1n) is 6.73. The van der Waals surface area contributed by atoms with E-state index in [1.807, 2.05) is 13.0 Å². The SMILES string of the molecule is CC1(CN)CCN(S(=O)(=O)c2csc3ccc(Cl)cc23)C1. The molecule has 0 saturated carbocycles. The molecular weight excluding hydrogens is 328 g/mol. The van der Waals surface area contributed by atoms with E-state index in [-0.39, 0.29) is 5.41 Å². The monoisotopic (exact) mass is 344 g/mol. The van der Waals surface area contributed by atoms with Crippen LogP contribution in [0.5, 0.6) is 0 Å². The molecule has 1 fully saturated rings. The second kappa shape index (κ2) is 5.21.